The molecule has 3 aromatic carbocycles. The monoisotopic (exact) mass is 426 g/mol. The predicted molar refractivity (Wildman–Crippen MR) is 125 cm³/mol. The number of fused-ring (bicyclic) bond motifs is 1. The summed E-state index contributed by atoms with van der Waals surface area (Å²) in [5.41, 5.74) is 2.39. The van der Waals surface area contributed by atoms with Crippen molar-refractivity contribution in [2.24, 2.45) is 0 Å². The number of nitrogens with zero attached hydrogens (tertiary/aromatic N) is 2. The molecule has 0 spiro atoms. The Morgan fingerprint density at radius 2 is 1.53 bits per heavy atom. The van der Waals surface area contributed by atoms with Crippen LogP contribution in [-0.2, 0) is 6.54 Å². The summed E-state index contributed by atoms with van der Waals surface area (Å²) in [7, 11) is 1.73. The van der Waals surface area contributed by atoms with Gasteiger partial charge >= 0.3 is 0 Å². The van der Waals surface area contributed by atoms with Crippen LogP contribution in [0.1, 0.15) is 11.1 Å². The summed E-state index contributed by atoms with van der Waals surface area (Å²) in [4.78, 5) is 4.98. The van der Waals surface area contributed by atoms with Gasteiger partial charge < -0.3 is 4.74 Å². The highest BCUT2D eigenvalue weighted by Crippen LogP contribution is 2.29. The van der Waals surface area contributed by atoms with Gasteiger partial charge in [0.05, 0.1) is 7.11 Å². The van der Waals surface area contributed by atoms with Crippen molar-refractivity contribution in [1.82, 2.24) is 9.80 Å². The lowest BCUT2D eigenvalue weighted by molar-refractivity contribution is 0.137. The highest BCUT2D eigenvalue weighted by molar-refractivity contribution is 5.91. The minimum absolute atomic E-state index is 0. The molecule has 0 aromatic heterocycles. The number of ether oxygens (including phenoxy) is 1. The van der Waals surface area contributed by atoms with Crippen molar-refractivity contribution in [2.75, 3.05) is 39.8 Å². The maximum absolute atomic E-state index is 13.0. The number of hydrogen-bond donors (Lipinski definition) is 0. The molecule has 30 heavy (non-hydrogen) atoms. The first-order valence-electron chi connectivity index (χ1n) is 10.1. The van der Waals surface area contributed by atoms with Crippen molar-refractivity contribution in [3.63, 3.8) is 0 Å². The number of rotatable bonds is 6. The second-order valence-corrected chi connectivity index (χ2v) is 7.50. The third kappa shape index (κ3) is 5.39. The summed E-state index contributed by atoms with van der Waals surface area (Å²) in [5.74, 6) is 0.741. The van der Waals surface area contributed by atoms with E-state index >= 15 is 0 Å². The van der Waals surface area contributed by atoms with Crippen molar-refractivity contribution in [3.05, 3.63) is 83.7 Å². The molecular formula is C25H28ClFN2O. The molecule has 0 atom stereocenters. The fraction of sp³-hybridized carbons (Fsp3) is 0.280. The molecule has 0 bridgehead atoms. The number of piperazine rings is 1. The third-order valence-corrected chi connectivity index (χ3v) is 5.60. The van der Waals surface area contributed by atoms with Gasteiger partial charge in [0.25, 0.3) is 0 Å². The Hall–Kier alpha value is -2.40. The summed E-state index contributed by atoms with van der Waals surface area (Å²) in [6, 6.07) is 19.4. The van der Waals surface area contributed by atoms with Crippen LogP contribution < -0.4 is 4.74 Å². The molecule has 0 N–H and O–H groups in total. The van der Waals surface area contributed by atoms with Crippen molar-refractivity contribution >= 4 is 29.3 Å². The fourth-order valence-corrected chi connectivity index (χ4v) is 3.93. The van der Waals surface area contributed by atoms with Crippen molar-refractivity contribution in [2.45, 2.75) is 6.54 Å². The van der Waals surface area contributed by atoms with Gasteiger partial charge in [-0.15, -0.1) is 12.4 Å². The molecular weight excluding hydrogens is 399 g/mol. The molecule has 4 rings (SSSR count). The Balaban J connectivity index is 0.00000256. The highest BCUT2D eigenvalue weighted by Gasteiger charge is 2.17. The normalized spacial score (nSPS) is 15.4. The van der Waals surface area contributed by atoms with Gasteiger partial charge in [-0.3, -0.25) is 9.80 Å². The maximum Gasteiger partial charge on any atom is 0.126 e. The molecule has 1 heterocycles. The number of hydrogen-bond acceptors (Lipinski definition) is 3. The molecule has 3 aromatic rings. The van der Waals surface area contributed by atoms with Crippen LogP contribution in [-0.4, -0.2) is 49.6 Å². The molecule has 0 amide bonds. The Kier molecular flexibility index (Phi) is 7.86. The molecule has 3 nitrogen and oxygen atoms in total. The Morgan fingerprint density at radius 3 is 2.23 bits per heavy atom. The van der Waals surface area contributed by atoms with Crippen LogP contribution >= 0.6 is 12.4 Å². The Labute approximate surface area is 184 Å². The van der Waals surface area contributed by atoms with Crippen molar-refractivity contribution in [3.8, 4) is 5.75 Å². The summed E-state index contributed by atoms with van der Waals surface area (Å²) in [6.07, 6.45) is 4.23. The van der Waals surface area contributed by atoms with Crippen LogP contribution in [0.2, 0.25) is 0 Å². The molecule has 158 valence electrons. The van der Waals surface area contributed by atoms with Crippen LogP contribution in [0.5, 0.6) is 5.75 Å². The minimum Gasteiger partial charge on any atom is -0.496 e. The van der Waals surface area contributed by atoms with E-state index in [4.69, 9.17) is 4.74 Å². The lowest BCUT2D eigenvalue weighted by Crippen LogP contribution is -2.45. The first-order valence-corrected chi connectivity index (χ1v) is 10.1. The van der Waals surface area contributed by atoms with Crippen LogP contribution in [0.4, 0.5) is 4.39 Å². The molecule has 1 fully saturated rings. The number of benzene rings is 3. The van der Waals surface area contributed by atoms with Gasteiger partial charge in [-0.2, -0.15) is 0 Å². The van der Waals surface area contributed by atoms with Crippen LogP contribution in [0.3, 0.4) is 0 Å². The quantitative estimate of drug-likeness (QED) is 0.536. The van der Waals surface area contributed by atoms with E-state index in [-0.39, 0.29) is 18.2 Å². The van der Waals surface area contributed by atoms with Gasteiger partial charge in [0, 0.05) is 44.7 Å². The van der Waals surface area contributed by atoms with Crippen molar-refractivity contribution in [1.29, 1.82) is 0 Å². The van der Waals surface area contributed by atoms with E-state index in [9.17, 15) is 4.39 Å². The summed E-state index contributed by atoms with van der Waals surface area (Å²) in [6.45, 7) is 6.12. The van der Waals surface area contributed by atoms with Crippen LogP contribution in [0.15, 0.2) is 66.7 Å². The highest BCUT2D eigenvalue weighted by atomic mass is 35.5. The summed E-state index contributed by atoms with van der Waals surface area (Å²) in [5, 5.41) is 2.45. The molecule has 1 saturated heterocycles. The second-order valence-electron chi connectivity index (χ2n) is 7.50. The molecule has 0 saturated carbocycles. The zero-order valence-corrected chi connectivity index (χ0v) is 18.1. The standard InChI is InChI=1S/C25H27FN2O.ClH/c1-29-25-13-10-21(23-6-2-3-7-24(23)25)19-28-17-15-27(16-18-28)14-4-5-20-8-11-22(26)12-9-20;/h2-13H,14-19H2,1H3;1H/b5-4+;. The number of methoxy groups -OCH3 is 1. The SMILES string of the molecule is COc1ccc(CN2CCN(C/C=C/c3ccc(F)cc3)CC2)c2ccccc12.Cl. The topological polar surface area (TPSA) is 15.7 Å². The zero-order valence-electron chi connectivity index (χ0n) is 17.3. The average Bonchev–Trinajstić information content (AvgIpc) is 2.76. The van der Waals surface area contributed by atoms with E-state index in [1.807, 2.05) is 12.1 Å². The lowest BCUT2D eigenvalue weighted by atomic mass is 10.0. The minimum atomic E-state index is -0.192. The second kappa shape index (κ2) is 10.6. The van der Waals surface area contributed by atoms with E-state index in [0.717, 1.165) is 50.6 Å². The van der Waals surface area contributed by atoms with Gasteiger partial charge in [0.1, 0.15) is 11.6 Å². The van der Waals surface area contributed by atoms with E-state index in [1.54, 1.807) is 7.11 Å². The Bertz CT molecular complexity index is 982. The first kappa shape index (κ1) is 22.3. The lowest BCUT2D eigenvalue weighted by Gasteiger charge is -2.34. The van der Waals surface area contributed by atoms with Gasteiger partial charge in [-0.25, -0.2) is 4.39 Å². The van der Waals surface area contributed by atoms with E-state index in [1.165, 1.54) is 28.5 Å². The third-order valence-electron chi connectivity index (χ3n) is 5.60. The maximum atomic E-state index is 13.0. The molecule has 5 heteroatoms. The largest absolute Gasteiger partial charge is 0.496 e. The summed E-state index contributed by atoms with van der Waals surface area (Å²) >= 11 is 0. The molecule has 0 radical (unpaired) electrons. The van der Waals surface area contributed by atoms with E-state index < -0.39 is 0 Å². The smallest absolute Gasteiger partial charge is 0.126 e. The first-order chi connectivity index (χ1) is 14.2. The average molecular weight is 427 g/mol. The fourth-order valence-electron chi connectivity index (χ4n) is 3.93. The van der Waals surface area contributed by atoms with Gasteiger partial charge in [-0.1, -0.05) is 54.6 Å². The molecule has 0 aliphatic carbocycles. The van der Waals surface area contributed by atoms with Gasteiger partial charge in [0.2, 0.25) is 0 Å². The summed E-state index contributed by atoms with van der Waals surface area (Å²) < 4.78 is 18.5. The van der Waals surface area contributed by atoms with E-state index in [2.05, 4.69) is 58.4 Å². The molecule has 1 aliphatic rings. The van der Waals surface area contributed by atoms with Crippen LogP contribution in [0.25, 0.3) is 16.8 Å². The van der Waals surface area contributed by atoms with Gasteiger partial charge in [0.15, 0.2) is 0 Å². The molecule has 1 aliphatic heterocycles. The number of halogens is 2. The molecule has 0 unspecified atom stereocenters. The predicted octanol–water partition coefficient (Wildman–Crippen LogP) is 5.24. The van der Waals surface area contributed by atoms with E-state index in [0.29, 0.717) is 0 Å². The Morgan fingerprint density at radius 1 is 0.867 bits per heavy atom. The van der Waals surface area contributed by atoms with Crippen molar-refractivity contribution < 1.29 is 9.13 Å². The van der Waals surface area contributed by atoms with Gasteiger partial charge in [-0.05, 0) is 34.7 Å². The van der Waals surface area contributed by atoms with Crippen LogP contribution in [0, 0.1) is 5.82 Å². The zero-order chi connectivity index (χ0) is 20.1.